The first-order chi connectivity index (χ1) is 16.4. The van der Waals surface area contributed by atoms with Gasteiger partial charge in [-0.1, -0.05) is 66.2 Å². The molecule has 1 aromatic heterocycles. The van der Waals surface area contributed by atoms with Gasteiger partial charge in [-0.05, 0) is 36.2 Å². The third kappa shape index (κ3) is 6.85. The van der Waals surface area contributed by atoms with Gasteiger partial charge in [0.05, 0.1) is 15.8 Å². The standard InChI is InChI=1S/C24H25Cl2N5O2S/c1-3-13-31-21(11-12-27-23(33)17-9-10-18(25)19(26)14-17)29-30-24(31)34-15-22(32)28-20-8-6-5-7-16(20)4-2/h3,5-10,14H,1,4,11-13,15H2,2H3,(H,27,33)(H,28,32). The summed E-state index contributed by atoms with van der Waals surface area (Å²) in [5, 5.41) is 15.6. The average Bonchev–Trinajstić information content (AvgIpc) is 3.21. The molecule has 178 valence electrons. The van der Waals surface area contributed by atoms with Gasteiger partial charge in [-0.15, -0.1) is 16.8 Å². The Balaban J connectivity index is 1.57. The molecule has 0 atom stereocenters. The SMILES string of the molecule is C=CCn1c(CCNC(=O)c2ccc(Cl)c(Cl)c2)nnc1SCC(=O)Nc1ccccc1CC. The van der Waals surface area contributed by atoms with E-state index in [0.717, 1.165) is 17.7 Å². The highest BCUT2D eigenvalue weighted by Crippen LogP contribution is 2.23. The van der Waals surface area contributed by atoms with Crippen LogP contribution in [0.5, 0.6) is 0 Å². The Labute approximate surface area is 212 Å². The van der Waals surface area contributed by atoms with Crippen molar-refractivity contribution < 1.29 is 9.59 Å². The number of nitrogens with one attached hydrogen (secondary N) is 2. The number of aromatic nitrogens is 3. The molecule has 2 amide bonds. The van der Waals surface area contributed by atoms with Crippen LogP contribution in [0.4, 0.5) is 5.69 Å². The Hall–Kier alpha value is -2.81. The average molecular weight is 518 g/mol. The lowest BCUT2D eigenvalue weighted by Gasteiger charge is -2.10. The quantitative estimate of drug-likeness (QED) is 0.274. The lowest BCUT2D eigenvalue weighted by Crippen LogP contribution is -2.26. The first-order valence-corrected chi connectivity index (χ1v) is 12.4. The summed E-state index contributed by atoms with van der Waals surface area (Å²) in [4.78, 5) is 24.8. The summed E-state index contributed by atoms with van der Waals surface area (Å²) < 4.78 is 1.89. The van der Waals surface area contributed by atoms with E-state index in [1.165, 1.54) is 17.8 Å². The molecule has 10 heteroatoms. The van der Waals surface area contributed by atoms with E-state index in [0.29, 0.717) is 46.1 Å². The third-order valence-electron chi connectivity index (χ3n) is 4.93. The van der Waals surface area contributed by atoms with Crippen molar-refractivity contribution in [2.75, 3.05) is 17.6 Å². The van der Waals surface area contributed by atoms with Gasteiger partial charge in [-0.25, -0.2) is 0 Å². The van der Waals surface area contributed by atoms with Gasteiger partial charge in [0.1, 0.15) is 5.82 Å². The zero-order valence-electron chi connectivity index (χ0n) is 18.7. The first kappa shape index (κ1) is 25.8. The molecule has 1 heterocycles. The summed E-state index contributed by atoms with van der Waals surface area (Å²) in [6, 6.07) is 12.5. The van der Waals surface area contributed by atoms with Crippen LogP contribution in [-0.4, -0.2) is 38.9 Å². The number of aryl methyl sites for hydroxylation is 1. The van der Waals surface area contributed by atoms with Gasteiger partial charge in [0.15, 0.2) is 5.16 Å². The van der Waals surface area contributed by atoms with E-state index >= 15 is 0 Å². The highest BCUT2D eigenvalue weighted by atomic mass is 35.5. The number of allylic oxidation sites excluding steroid dienone is 1. The van der Waals surface area contributed by atoms with Crippen molar-refractivity contribution in [1.82, 2.24) is 20.1 Å². The zero-order valence-corrected chi connectivity index (χ0v) is 21.0. The fourth-order valence-corrected chi connectivity index (χ4v) is 4.28. The summed E-state index contributed by atoms with van der Waals surface area (Å²) in [6.07, 6.45) is 3.04. The first-order valence-electron chi connectivity index (χ1n) is 10.7. The van der Waals surface area contributed by atoms with Crippen molar-refractivity contribution in [3.05, 3.63) is 82.1 Å². The third-order valence-corrected chi connectivity index (χ3v) is 6.63. The molecule has 0 unspecified atom stereocenters. The van der Waals surface area contributed by atoms with Crippen LogP contribution < -0.4 is 10.6 Å². The van der Waals surface area contributed by atoms with Crippen LogP contribution in [0.25, 0.3) is 0 Å². The predicted octanol–water partition coefficient (Wildman–Crippen LogP) is 5.04. The van der Waals surface area contributed by atoms with Gasteiger partial charge in [0.2, 0.25) is 5.91 Å². The molecule has 3 rings (SSSR count). The number of hydrogen-bond acceptors (Lipinski definition) is 5. The van der Waals surface area contributed by atoms with Gasteiger partial charge in [-0.3, -0.25) is 9.59 Å². The second-order valence-electron chi connectivity index (χ2n) is 7.28. The Bertz CT molecular complexity index is 1180. The van der Waals surface area contributed by atoms with Crippen LogP contribution in [0.1, 0.15) is 28.7 Å². The van der Waals surface area contributed by atoms with Crippen LogP contribution in [0.3, 0.4) is 0 Å². The number of hydrogen-bond donors (Lipinski definition) is 2. The Kier molecular flexibility index (Phi) is 9.56. The van der Waals surface area contributed by atoms with E-state index in [4.69, 9.17) is 23.2 Å². The Morgan fingerprint density at radius 2 is 1.94 bits per heavy atom. The number of anilines is 1. The highest BCUT2D eigenvalue weighted by Gasteiger charge is 2.15. The van der Waals surface area contributed by atoms with Crippen molar-refractivity contribution in [2.45, 2.75) is 31.5 Å². The lowest BCUT2D eigenvalue weighted by atomic mass is 10.1. The number of nitrogens with zero attached hydrogens (tertiary/aromatic N) is 3. The molecule has 0 spiro atoms. The van der Waals surface area contributed by atoms with Crippen LogP contribution in [0, 0.1) is 0 Å². The van der Waals surface area contributed by atoms with Crippen molar-refractivity contribution in [3.63, 3.8) is 0 Å². The van der Waals surface area contributed by atoms with Crippen LogP contribution >= 0.6 is 35.0 Å². The van der Waals surface area contributed by atoms with Gasteiger partial charge >= 0.3 is 0 Å². The lowest BCUT2D eigenvalue weighted by molar-refractivity contribution is -0.113. The van der Waals surface area contributed by atoms with E-state index in [-0.39, 0.29) is 17.6 Å². The molecule has 0 aliphatic heterocycles. The molecule has 0 saturated heterocycles. The molecule has 0 saturated carbocycles. The smallest absolute Gasteiger partial charge is 0.251 e. The predicted molar refractivity (Wildman–Crippen MR) is 138 cm³/mol. The minimum Gasteiger partial charge on any atom is -0.352 e. The fourth-order valence-electron chi connectivity index (χ4n) is 3.22. The molecular weight excluding hydrogens is 493 g/mol. The van der Waals surface area contributed by atoms with E-state index in [1.807, 2.05) is 35.8 Å². The summed E-state index contributed by atoms with van der Waals surface area (Å²) in [6.45, 7) is 6.69. The second-order valence-corrected chi connectivity index (χ2v) is 9.04. The molecule has 0 radical (unpaired) electrons. The Morgan fingerprint density at radius 1 is 1.15 bits per heavy atom. The van der Waals surface area contributed by atoms with Crippen LogP contribution in [0.15, 0.2) is 60.3 Å². The van der Waals surface area contributed by atoms with Crippen LogP contribution in [-0.2, 0) is 24.2 Å². The molecule has 3 aromatic rings. The number of rotatable bonds is 11. The van der Waals surface area contributed by atoms with Crippen molar-refractivity contribution in [2.24, 2.45) is 0 Å². The highest BCUT2D eigenvalue weighted by molar-refractivity contribution is 7.99. The number of carbonyl (C=O) groups is 2. The summed E-state index contributed by atoms with van der Waals surface area (Å²) in [7, 11) is 0. The van der Waals surface area contributed by atoms with E-state index in [1.54, 1.807) is 18.2 Å². The minimum absolute atomic E-state index is 0.116. The molecule has 2 N–H and O–H groups in total. The molecule has 0 aliphatic rings. The number of halogens is 2. The summed E-state index contributed by atoms with van der Waals surface area (Å²) >= 11 is 13.2. The van der Waals surface area contributed by atoms with Crippen LogP contribution in [0.2, 0.25) is 10.0 Å². The number of benzene rings is 2. The number of thioether (sulfide) groups is 1. The maximum atomic E-state index is 12.5. The van der Waals surface area contributed by atoms with Gasteiger partial charge in [0.25, 0.3) is 5.91 Å². The van der Waals surface area contributed by atoms with E-state index < -0.39 is 0 Å². The van der Waals surface area contributed by atoms with Crippen molar-refractivity contribution in [1.29, 1.82) is 0 Å². The normalized spacial score (nSPS) is 10.7. The number of para-hydroxylation sites is 1. The van der Waals surface area contributed by atoms with Gasteiger partial charge in [-0.2, -0.15) is 0 Å². The molecule has 34 heavy (non-hydrogen) atoms. The van der Waals surface area contributed by atoms with Crippen molar-refractivity contribution in [3.8, 4) is 0 Å². The summed E-state index contributed by atoms with van der Waals surface area (Å²) in [5.74, 6) is 0.511. The topological polar surface area (TPSA) is 88.9 Å². The monoisotopic (exact) mass is 517 g/mol. The molecule has 2 aromatic carbocycles. The van der Waals surface area contributed by atoms with E-state index in [9.17, 15) is 9.59 Å². The zero-order chi connectivity index (χ0) is 24.5. The maximum absolute atomic E-state index is 12.5. The van der Waals surface area contributed by atoms with Crippen molar-refractivity contribution >= 4 is 52.5 Å². The molecule has 0 aliphatic carbocycles. The summed E-state index contributed by atoms with van der Waals surface area (Å²) in [5.41, 5.74) is 2.33. The van der Waals surface area contributed by atoms with Gasteiger partial charge in [0, 0.05) is 30.8 Å². The minimum atomic E-state index is -0.257. The second kappa shape index (κ2) is 12.6. The fraction of sp³-hybridized carbons (Fsp3) is 0.250. The largest absolute Gasteiger partial charge is 0.352 e. The molecule has 0 bridgehead atoms. The molecular formula is C24H25Cl2N5O2S. The molecule has 0 fully saturated rings. The van der Waals surface area contributed by atoms with Gasteiger partial charge < -0.3 is 15.2 Å². The van der Waals surface area contributed by atoms with E-state index in [2.05, 4.69) is 27.4 Å². The Morgan fingerprint density at radius 3 is 2.68 bits per heavy atom. The molecule has 7 nitrogen and oxygen atoms in total. The number of carbonyl (C=O) groups excluding carboxylic acids is 2. The maximum Gasteiger partial charge on any atom is 0.251 e. The number of amides is 2.